The third kappa shape index (κ3) is 12.4. The number of phenols is 2. The van der Waals surface area contributed by atoms with Crippen LogP contribution in [0, 0.1) is 12.8 Å². The van der Waals surface area contributed by atoms with E-state index in [-0.39, 0.29) is 52.5 Å². The van der Waals surface area contributed by atoms with Gasteiger partial charge in [0, 0.05) is 32.1 Å². The van der Waals surface area contributed by atoms with Gasteiger partial charge in [-0.25, -0.2) is 0 Å². The Morgan fingerprint density at radius 1 is 0.905 bits per heavy atom. The normalized spacial score (nSPS) is 24.0. The first-order valence-corrected chi connectivity index (χ1v) is 20.2. The molecule has 0 saturated carbocycles. The molecule has 350 valence electrons. The SMILES string of the molecule is CO[C@@H]1C(=O)c2c(cc3cc(O[C@H]4CC(OC(C)OC(C)[C@@H](O)COC(=O)CCC(=O)O)[C@H](O)C(C)O4)c(C)c(O)c3c2O)C[C@H]1[C@H](OC)C(=O)[C@@H](O)[C@@H](C)OC(=O)CCC(=O)O. The Labute approximate surface area is 361 Å². The monoisotopic (exact) mass is 896 g/mol. The zero-order valence-electron chi connectivity index (χ0n) is 35.9. The fraction of sp³-hybridized carbons (Fsp3) is 0.619. The van der Waals surface area contributed by atoms with Crippen molar-refractivity contribution in [2.24, 2.45) is 5.92 Å². The van der Waals surface area contributed by atoms with Crippen LogP contribution in [0.1, 0.15) is 81.3 Å². The lowest BCUT2D eigenvalue weighted by Gasteiger charge is -2.39. The average molecular weight is 897 g/mol. The minimum atomic E-state index is -1.94. The molecule has 4 rings (SSSR count). The van der Waals surface area contributed by atoms with E-state index in [4.69, 9.17) is 48.1 Å². The number of aromatic hydroxyl groups is 2. The van der Waals surface area contributed by atoms with E-state index in [1.165, 1.54) is 54.0 Å². The number of rotatable bonds is 22. The van der Waals surface area contributed by atoms with E-state index in [2.05, 4.69) is 0 Å². The number of hydrogen-bond acceptors (Lipinski definition) is 19. The molecule has 0 bridgehead atoms. The second-order valence-electron chi connectivity index (χ2n) is 15.5. The predicted molar refractivity (Wildman–Crippen MR) is 213 cm³/mol. The van der Waals surface area contributed by atoms with Crippen molar-refractivity contribution < 1.29 is 102 Å². The number of benzene rings is 2. The Morgan fingerprint density at radius 3 is 2.14 bits per heavy atom. The summed E-state index contributed by atoms with van der Waals surface area (Å²) >= 11 is 0. The number of aliphatic carboxylic acids is 2. The third-order valence-corrected chi connectivity index (χ3v) is 11.0. The largest absolute Gasteiger partial charge is 0.507 e. The summed E-state index contributed by atoms with van der Waals surface area (Å²) in [5.74, 6) is -7.84. The van der Waals surface area contributed by atoms with Gasteiger partial charge >= 0.3 is 23.9 Å². The summed E-state index contributed by atoms with van der Waals surface area (Å²) in [5.41, 5.74) is 0.215. The summed E-state index contributed by atoms with van der Waals surface area (Å²) < 4.78 is 44.8. The number of fused-ring (bicyclic) bond motifs is 2. The number of carboxylic acids is 2. The minimum absolute atomic E-state index is 0.0575. The van der Waals surface area contributed by atoms with Crippen molar-refractivity contribution in [1.82, 2.24) is 0 Å². The Balaban J connectivity index is 1.52. The van der Waals surface area contributed by atoms with E-state index in [1.54, 1.807) is 6.92 Å². The zero-order valence-corrected chi connectivity index (χ0v) is 35.9. The number of aliphatic hydroxyl groups excluding tert-OH is 3. The van der Waals surface area contributed by atoms with Crippen LogP contribution < -0.4 is 4.74 Å². The Morgan fingerprint density at radius 2 is 1.54 bits per heavy atom. The molecule has 1 aliphatic heterocycles. The number of esters is 2. The number of ketones is 2. The maximum Gasteiger partial charge on any atom is 0.306 e. The molecule has 0 aromatic heterocycles. The molecule has 0 amide bonds. The van der Waals surface area contributed by atoms with Crippen LogP contribution in [0.15, 0.2) is 12.1 Å². The molecule has 0 spiro atoms. The molecule has 0 radical (unpaired) electrons. The van der Waals surface area contributed by atoms with E-state index < -0.39 is 146 Å². The summed E-state index contributed by atoms with van der Waals surface area (Å²) in [5, 5.41) is 72.9. The van der Waals surface area contributed by atoms with Crippen molar-refractivity contribution in [3.63, 3.8) is 0 Å². The van der Waals surface area contributed by atoms with Gasteiger partial charge < -0.3 is 73.6 Å². The molecule has 63 heavy (non-hydrogen) atoms. The lowest BCUT2D eigenvalue weighted by Crippen LogP contribution is -2.52. The van der Waals surface area contributed by atoms with E-state index in [0.29, 0.717) is 0 Å². The number of methoxy groups -OCH3 is 2. The van der Waals surface area contributed by atoms with Crippen molar-refractivity contribution >= 4 is 46.2 Å². The van der Waals surface area contributed by atoms with Gasteiger partial charge in [-0.3, -0.25) is 28.8 Å². The summed E-state index contributed by atoms with van der Waals surface area (Å²) in [6, 6.07) is 3.01. The van der Waals surface area contributed by atoms with Gasteiger partial charge in [-0.2, -0.15) is 0 Å². The summed E-state index contributed by atoms with van der Waals surface area (Å²) in [6.45, 7) is 6.88. The number of carboxylic acid groups (broad SMARTS) is 2. The lowest BCUT2D eigenvalue weighted by molar-refractivity contribution is -0.271. The van der Waals surface area contributed by atoms with Crippen molar-refractivity contribution in [3.05, 3.63) is 28.8 Å². The molecular weight excluding hydrogens is 840 g/mol. The van der Waals surface area contributed by atoms with Gasteiger partial charge in [0.2, 0.25) is 6.29 Å². The second kappa shape index (κ2) is 22.1. The molecule has 2 aromatic rings. The molecule has 1 fully saturated rings. The van der Waals surface area contributed by atoms with Crippen LogP contribution in [0.4, 0.5) is 0 Å². The van der Waals surface area contributed by atoms with Crippen LogP contribution in [-0.4, -0.2) is 160 Å². The van der Waals surface area contributed by atoms with Crippen molar-refractivity contribution in [3.8, 4) is 17.2 Å². The Kier molecular flexibility index (Phi) is 17.7. The maximum atomic E-state index is 14.0. The first kappa shape index (κ1) is 50.6. The van der Waals surface area contributed by atoms with Gasteiger partial charge in [0.1, 0.15) is 54.4 Å². The van der Waals surface area contributed by atoms with Crippen LogP contribution in [0.2, 0.25) is 0 Å². The Bertz CT molecular complexity index is 2000. The van der Waals surface area contributed by atoms with E-state index in [9.17, 15) is 54.3 Å². The van der Waals surface area contributed by atoms with Gasteiger partial charge in [-0.15, -0.1) is 0 Å². The van der Waals surface area contributed by atoms with Crippen LogP contribution in [0.5, 0.6) is 17.2 Å². The Hall–Kier alpha value is -5.00. The van der Waals surface area contributed by atoms with E-state index in [1.807, 2.05) is 0 Å². The second-order valence-corrected chi connectivity index (χ2v) is 15.5. The van der Waals surface area contributed by atoms with Crippen LogP contribution >= 0.6 is 0 Å². The number of hydrogen-bond donors (Lipinski definition) is 7. The van der Waals surface area contributed by atoms with Crippen molar-refractivity contribution in [2.75, 3.05) is 20.8 Å². The molecule has 1 heterocycles. The standard InChI is InChI=1S/C42H56O21/c1-17-26(63-32-15-27(36(51)19(3)61-32)62-21(5)59-18(2)25(43)16-58-30(48)10-8-28(44)45)14-23-12-22-13-24(41(56-6)39(54)34(22)38(53)33(23)35(17)50)42(57-7)40(55)37(52)20(4)60-31(49)11-9-29(46)47/h12,14,18-21,24-25,27,32,36-37,41-43,50-53H,8-11,13,15-16H2,1-7H3,(H,44,45)(H,46,47)/t18?,19?,20-,21?,24-,25+,27?,32+,36-,37+,41+,42+/m1/s1. The predicted octanol–water partition coefficient (Wildman–Crippen LogP) is 1.45. The molecule has 2 aliphatic rings. The number of phenolic OH excluding ortho intramolecular Hbond substituents is 2. The lowest BCUT2D eigenvalue weighted by atomic mass is 9.75. The molecule has 2 aromatic carbocycles. The number of Topliss-reactive ketones (excluding diaryl/α,β-unsaturated/α-hetero) is 2. The average Bonchev–Trinajstić information content (AvgIpc) is 3.21. The van der Waals surface area contributed by atoms with Crippen LogP contribution in [0.25, 0.3) is 10.8 Å². The summed E-state index contributed by atoms with van der Waals surface area (Å²) in [4.78, 5) is 72.9. The molecule has 12 atom stereocenters. The summed E-state index contributed by atoms with van der Waals surface area (Å²) in [6.07, 6.45) is -15.4. The molecule has 21 heteroatoms. The van der Waals surface area contributed by atoms with Crippen molar-refractivity contribution in [2.45, 2.75) is 141 Å². The maximum absolute atomic E-state index is 14.0. The van der Waals surface area contributed by atoms with Crippen LogP contribution in [-0.2, 0) is 63.6 Å². The first-order chi connectivity index (χ1) is 29.6. The minimum Gasteiger partial charge on any atom is -0.507 e. The third-order valence-electron chi connectivity index (χ3n) is 11.0. The highest BCUT2D eigenvalue weighted by Crippen LogP contribution is 2.46. The molecule has 1 aliphatic carbocycles. The van der Waals surface area contributed by atoms with Crippen molar-refractivity contribution in [1.29, 1.82) is 0 Å². The highest BCUT2D eigenvalue weighted by atomic mass is 16.7. The van der Waals surface area contributed by atoms with Crippen LogP contribution in [0.3, 0.4) is 0 Å². The first-order valence-electron chi connectivity index (χ1n) is 20.2. The number of carbonyl (C=O) groups excluding carboxylic acids is 4. The highest BCUT2D eigenvalue weighted by Gasteiger charge is 2.47. The van der Waals surface area contributed by atoms with Gasteiger partial charge in [-0.05, 0) is 64.1 Å². The number of aliphatic hydroxyl groups is 3. The van der Waals surface area contributed by atoms with Gasteiger partial charge in [0.05, 0.1) is 54.9 Å². The summed E-state index contributed by atoms with van der Waals surface area (Å²) in [7, 11) is 2.38. The zero-order chi connectivity index (χ0) is 47.0. The van der Waals surface area contributed by atoms with E-state index >= 15 is 0 Å². The van der Waals surface area contributed by atoms with Gasteiger partial charge in [0.25, 0.3) is 0 Å². The van der Waals surface area contributed by atoms with E-state index in [0.717, 1.165) is 0 Å². The van der Waals surface area contributed by atoms with Gasteiger partial charge in [-0.1, -0.05) is 0 Å². The molecular formula is C42H56O21. The molecule has 7 N–H and O–H groups in total. The molecule has 21 nitrogen and oxygen atoms in total. The fourth-order valence-corrected chi connectivity index (χ4v) is 7.53. The number of carbonyl (C=O) groups is 6. The highest BCUT2D eigenvalue weighted by molar-refractivity contribution is 6.11. The number of ether oxygens (including phenoxy) is 8. The fourth-order valence-electron chi connectivity index (χ4n) is 7.53. The smallest absolute Gasteiger partial charge is 0.306 e. The quantitative estimate of drug-likeness (QED) is 0.0650. The van der Waals surface area contributed by atoms with Gasteiger partial charge in [0.15, 0.2) is 24.0 Å². The topological polar surface area (TPSA) is 318 Å². The molecule has 1 saturated heterocycles. The molecule has 4 unspecified atom stereocenters.